The summed E-state index contributed by atoms with van der Waals surface area (Å²) in [4.78, 5) is 40.0. The van der Waals surface area contributed by atoms with Crippen molar-refractivity contribution in [1.29, 1.82) is 0 Å². The average molecular weight is 482 g/mol. The number of hydrogen-bond donors (Lipinski definition) is 6. The van der Waals surface area contributed by atoms with E-state index in [0.29, 0.717) is 5.69 Å². The van der Waals surface area contributed by atoms with Crippen molar-refractivity contribution in [3.05, 3.63) is 57.1 Å². The molecule has 2 aromatic carbocycles. The Hall–Kier alpha value is -3.50. The molecule has 0 aliphatic carbocycles. The van der Waals surface area contributed by atoms with Crippen molar-refractivity contribution in [1.82, 2.24) is 10.6 Å². The van der Waals surface area contributed by atoms with Gasteiger partial charge in [0.2, 0.25) is 5.91 Å². The van der Waals surface area contributed by atoms with Gasteiger partial charge in [0, 0.05) is 16.1 Å². The van der Waals surface area contributed by atoms with Crippen LogP contribution < -0.4 is 22.1 Å². The van der Waals surface area contributed by atoms with E-state index in [9.17, 15) is 24.6 Å². The number of hydrogen-bond acceptors (Lipinski definition) is 5. The summed E-state index contributed by atoms with van der Waals surface area (Å²) in [6.45, 7) is 1.28. The third-order valence-electron chi connectivity index (χ3n) is 4.14. The van der Waals surface area contributed by atoms with Gasteiger partial charge in [-0.2, -0.15) is 0 Å². The Morgan fingerprint density at radius 3 is 2.44 bits per heavy atom. The summed E-state index contributed by atoms with van der Waals surface area (Å²) in [5, 5.41) is 24.3. The minimum atomic E-state index is -1.23. The zero-order valence-corrected chi connectivity index (χ0v) is 18.4. The molecule has 170 valence electrons. The molecule has 0 aliphatic rings. The minimum Gasteiger partial charge on any atom is -0.506 e. The number of nitrogens with one attached hydrogen (secondary N) is 2. The number of carbonyl (C=O) groups is 3. The van der Waals surface area contributed by atoms with Crippen LogP contribution in [-0.4, -0.2) is 40.5 Å². The minimum absolute atomic E-state index is 0.0325. The fourth-order valence-electron chi connectivity index (χ4n) is 2.88. The van der Waals surface area contributed by atoms with E-state index in [4.69, 9.17) is 34.7 Å². The predicted molar refractivity (Wildman–Crippen MR) is 120 cm³/mol. The van der Waals surface area contributed by atoms with Gasteiger partial charge >= 0.3 is 5.97 Å². The second-order valence-electron chi connectivity index (χ2n) is 6.82. The van der Waals surface area contributed by atoms with Crippen LogP contribution in [0.5, 0.6) is 5.75 Å². The monoisotopic (exact) mass is 481 g/mol. The Morgan fingerprint density at radius 2 is 1.81 bits per heavy atom. The SMILES string of the molecule is Cc1cc(N=C(N)N)cc(C(=O)NCC(=O)NC(CC(=O)O)c2cc(Cl)cc(Cl)c2O)c1. The fraction of sp³-hybridized carbons (Fsp3) is 0.200. The first-order chi connectivity index (χ1) is 15.0. The van der Waals surface area contributed by atoms with Gasteiger partial charge < -0.3 is 32.3 Å². The average Bonchev–Trinajstić information content (AvgIpc) is 2.67. The van der Waals surface area contributed by atoms with Gasteiger partial charge in [-0.1, -0.05) is 23.2 Å². The summed E-state index contributed by atoms with van der Waals surface area (Å²) in [5.74, 6) is -3.08. The number of guanidine groups is 1. The van der Waals surface area contributed by atoms with Crippen molar-refractivity contribution in [3.8, 4) is 5.75 Å². The number of nitrogens with two attached hydrogens (primary N) is 2. The molecular formula is C20H21Cl2N5O5. The van der Waals surface area contributed by atoms with Crippen molar-refractivity contribution in [2.24, 2.45) is 16.5 Å². The van der Waals surface area contributed by atoms with E-state index < -0.39 is 42.5 Å². The molecule has 0 radical (unpaired) electrons. The largest absolute Gasteiger partial charge is 0.506 e. The first kappa shape index (κ1) is 24.8. The van der Waals surface area contributed by atoms with Gasteiger partial charge in [0.1, 0.15) is 5.75 Å². The lowest BCUT2D eigenvalue weighted by Crippen LogP contribution is -2.39. The van der Waals surface area contributed by atoms with Gasteiger partial charge in [-0.05, 0) is 42.8 Å². The topological polar surface area (TPSA) is 180 Å². The summed E-state index contributed by atoms with van der Waals surface area (Å²) in [5.41, 5.74) is 12.1. The highest BCUT2D eigenvalue weighted by atomic mass is 35.5. The van der Waals surface area contributed by atoms with Crippen molar-refractivity contribution in [3.63, 3.8) is 0 Å². The highest BCUT2D eigenvalue weighted by molar-refractivity contribution is 6.35. The Balaban J connectivity index is 2.13. The van der Waals surface area contributed by atoms with Gasteiger partial charge in [0.25, 0.3) is 5.91 Å². The van der Waals surface area contributed by atoms with E-state index in [1.165, 1.54) is 18.2 Å². The molecule has 2 aromatic rings. The molecule has 32 heavy (non-hydrogen) atoms. The number of aliphatic imine (C=N–C) groups is 1. The zero-order valence-electron chi connectivity index (χ0n) is 16.9. The molecule has 2 rings (SSSR count). The van der Waals surface area contributed by atoms with Crippen LogP contribution in [0.4, 0.5) is 5.69 Å². The zero-order chi connectivity index (χ0) is 24.0. The van der Waals surface area contributed by atoms with E-state index in [-0.39, 0.29) is 27.1 Å². The summed E-state index contributed by atoms with van der Waals surface area (Å²) in [6.07, 6.45) is -0.552. The van der Waals surface area contributed by atoms with E-state index >= 15 is 0 Å². The normalized spacial score (nSPS) is 11.3. The number of phenolic OH excluding ortho intramolecular Hbond substituents is 1. The van der Waals surface area contributed by atoms with Gasteiger partial charge in [-0.25, -0.2) is 4.99 Å². The van der Waals surface area contributed by atoms with Gasteiger partial charge in [0.15, 0.2) is 5.96 Å². The first-order valence-electron chi connectivity index (χ1n) is 9.15. The summed E-state index contributed by atoms with van der Waals surface area (Å²) < 4.78 is 0. The van der Waals surface area contributed by atoms with Crippen LogP contribution >= 0.6 is 23.2 Å². The van der Waals surface area contributed by atoms with Crippen LogP contribution in [0, 0.1) is 6.92 Å². The predicted octanol–water partition coefficient (Wildman–Crippen LogP) is 1.97. The van der Waals surface area contributed by atoms with E-state index in [1.807, 2.05) is 0 Å². The number of aromatic hydroxyl groups is 1. The Labute approximate surface area is 193 Å². The molecule has 0 fully saturated rings. The first-order valence-corrected chi connectivity index (χ1v) is 9.90. The van der Waals surface area contributed by atoms with Gasteiger partial charge in [-0.15, -0.1) is 0 Å². The molecule has 2 amide bonds. The highest BCUT2D eigenvalue weighted by Crippen LogP contribution is 2.36. The number of nitrogens with zero attached hydrogens (tertiary/aromatic N) is 1. The molecular weight excluding hydrogens is 461 g/mol. The lowest BCUT2D eigenvalue weighted by molar-refractivity contribution is -0.137. The molecule has 10 nitrogen and oxygen atoms in total. The number of rotatable bonds is 8. The smallest absolute Gasteiger partial charge is 0.305 e. The van der Waals surface area contributed by atoms with Crippen molar-refractivity contribution in [2.75, 3.05) is 6.54 Å². The number of aryl methyl sites for hydroxylation is 1. The van der Waals surface area contributed by atoms with E-state index in [0.717, 1.165) is 5.56 Å². The van der Waals surface area contributed by atoms with Crippen LogP contribution in [0.25, 0.3) is 0 Å². The van der Waals surface area contributed by atoms with Crippen molar-refractivity contribution in [2.45, 2.75) is 19.4 Å². The summed E-state index contributed by atoms with van der Waals surface area (Å²) in [6, 6.07) is 6.13. The number of carbonyl (C=O) groups excluding carboxylic acids is 2. The number of benzene rings is 2. The second-order valence-corrected chi connectivity index (χ2v) is 7.66. The molecule has 0 bridgehead atoms. The second kappa shape index (κ2) is 10.7. The maximum absolute atomic E-state index is 12.4. The number of aliphatic carboxylic acids is 1. The molecule has 12 heteroatoms. The maximum atomic E-state index is 12.4. The van der Waals surface area contributed by atoms with E-state index in [2.05, 4.69) is 15.6 Å². The molecule has 1 atom stereocenters. The third-order valence-corrected chi connectivity index (χ3v) is 4.65. The maximum Gasteiger partial charge on any atom is 0.305 e. The standard InChI is InChI=1S/C20H21Cl2N5O5/c1-9-2-10(4-12(3-9)26-20(23)24)19(32)25-8-16(28)27-15(7-17(29)30)13-5-11(21)6-14(22)18(13)31/h2-6,15,31H,7-8H2,1H3,(H,25,32)(H,27,28)(H,29,30)(H4,23,24,26). The van der Waals surface area contributed by atoms with Crippen LogP contribution in [0.1, 0.15) is 33.9 Å². The van der Waals surface area contributed by atoms with Gasteiger partial charge in [0.05, 0.1) is 29.7 Å². The highest BCUT2D eigenvalue weighted by Gasteiger charge is 2.23. The Kier molecular flexibility index (Phi) is 8.27. The lowest BCUT2D eigenvalue weighted by Gasteiger charge is -2.19. The van der Waals surface area contributed by atoms with Crippen molar-refractivity contribution < 1.29 is 24.6 Å². The Morgan fingerprint density at radius 1 is 1.12 bits per heavy atom. The van der Waals surface area contributed by atoms with Gasteiger partial charge in [-0.3, -0.25) is 14.4 Å². The molecule has 1 unspecified atom stereocenters. The van der Waals surface area contributed by atoms with Crippen molar-refractivity contribution >= 4 is 52.6 Å². The lowest BCUT2D eigenvalue weighted by atomic mass is 10.0. The number of carboxylic acid groups (broad SMARTS) is 1. The Bertz CT molecular complexity index is 1090. The molecule has 0 heterocycles. The molecule has 8 N–H and O–H groups in total. The number of amides is 2. The molecule has 0 aliphatic heterocycles. The fourth-order valence-corrected chi connectivity index (χ4v) is 3.39. The molecule has 0 aromatic heterocycles. The number of carboxylic acids is 1. The quantitative estimate of drug-likeness (QED) is 0.246. The van der Waals surface area contributed by atoms with Crippen LogP contribution in [0.2, 0.25) is 10.0 Å². The van der Waals surface area contributed by atoms with Crippen LogP contribution in [0.15, 0.2) is 35.3 Å². The molecule has 0 spiro atoms. The molecule has 0 saturated carbocycles. The van der Waals surface area contributed by atoms with E-state index in [1.54, 1.807) is 19.1 Å². The number of halogens is 2. The third kappa shape index (κ3) is 7.03. The number of phenols is 1. The summed E-state index contributed by atoms with van der Waals surface area (Å²) >= 11 is 11.8. The van der Waals surface area contributed by atoms with Crippen LogP contribution in [-0.2, 0) is 9.59 Å². The molecule has 0 saturated heterocycles. The summed E-state index contributed by atoms with van der Waals surface area (Å²) in [7, 11) is 0. The van der Waals surface area contributed by atoms with Crippen LogP contribution in [0.3, 0.4) is 0 Å².